The van der Waals surface area contributed by atoms with E-state index < -0.39 is 11.9 Å². The molecule has 20 heavy (non-hydrogen) atoms. The number of aromatic nitrogens is 1. The first kappa shape index (κ1) is 12.9. The first-order valence-corrected chi connectivity index (χ1v) is 6.96. The summed E-state index contributed by atoms with van der Waals surface area (Å²) in [5, 5.41) is 9.78. The van der Waals surface area contributed by atoms with Gasteiger partial charge in [-0.25, -0.2) is 4.98 Å². The van der Waals surface area contributed by atoms with Crippen LogP contribution in [0.4, 0.5) is 0 Å². The van der Waals surface area contributed by atoms with E-state index in [-0.39, 0.29) is 12.2 Å². The van der Waals surface area contributed by atoms with Crippen molar-refractivity contribution in [2.75, 3.05) is 0 Å². The maximum atomic E-state index is 12.6. The number of rotatable bonds is 2. The SMILES string of the molecule is O=C(O)CC1C(=O)c2ccccc2Sc2ncccc21. The van der Waals surface area contributed by atoms with Gasteiger partial charge < -0.3 is 5.11 Å². The Morgan fingerprint density at radius 3 is 2.85 bits per heavy atom. The van der Waals surface area contributed by atoms with Crippen molar-refractivity contribution in [2.45, 2.75) is 22.3 Å². The molecule has 1 aliphatic heterocycles. The highest BCUT2D eigenvalue weighted by molar-refractivity contribution is 7.99. The molecule has 1 N–H and O–H groups in total. The van der Waals surface area contributed by atoms with Crippen LogP contribution in [0, 0.1) is 0 Å². The van der Waals surface area contributed by atoms with Gasteiger partial charge in [0.25, 0.3) is 0 Å². The predicted octanol–water partition coefficient (Wildman–Crippen LogP) is 2.99. The maximum Gasteiger partial charge on any atom is 0.304 e. The largest absolute Gasteiger partial charge is 0.481 e. The summed E-state index contributed by atoms with van der Waals surface area (Å²) in [6, 6.07) is 10.8. The number of hydrogen-bond acceptors (Lipinski definition) is 4. The summed E-state index contributed by atoms with van der Waals surface area (Å²) < 4.78 is 0. The minimum Gasteiger partial charge on any atom is -0.481 e. The van der Waals surface area contributed by atoms with Crippen LogP contribution in [0.5, 0.6) is 0 Å². The highest BCUT2D eigenvalue weighted by atomic mass is 32.2. The molecule has 1 aliphatic rings. The van der Waals surface area contributed by atoms with Crippen LogP contribution in [-0.2, 0) is 4.79 Å². The Morgan fingerprint density at radius 2 is 2.05 bits per heavy atom. The molecule has 5 heteroatoms. The first-order chi connectivity index (χ1) is 9.66. The zero-order valence-corrected chi connectivity index (χ0v) is 11.3. The molecule has 0 saturated carbocycles. The summed E-state index contributed by atoms with van der Waals surface area (Å²) in [7, 11) is 0. The second-order valence-corrected chi connectivity index (χ2v) is 5.54. The molecule has 1 aromatic carbocycles. The second kappa shape index (κ2) is 5.09. The number of hydrogen-bond donors (Lipinski definition) is 1. The van der Waals surface area contributed by atoms with Crippen molar-refractivity contribution in [1.29, 1.82) is 0 Å². The molecule has 4 nitrogen and oxygen atoms in total. The van der Waals surface area contributed by atoms with Crippen LogP contribution in [0.15, 0.2) is 52.5 Å². The van der Waals surface area contributed by atoms with E-state index >= 15 is 0 Å². The predicted molar refractivity (Wildman–Crippen MR) is 74.1 cm³/mol. The van der Waals surface area contributed by atoms with Gasteiger partial charge in [-0.05, 0) is 17.7 Å². The molecule has 0 bridgehead atoms. The second-order valence-electron chi connectivity index (χ2n) is 4.51. The van der Waals surface area contributed by atoms with Crippen LogP contribution in [-0.4, -0.2) is 21.8 Å². The summed E-state index contributed by atoms with van der Waals surface area (Å²) in [4.78, 5) is 28.8. The number of carboxylic acids is 1. The van der Waals surface area contributed by atoms with Crippen LogP contribution in [0.1, 0.15) is 28.3 Å². The minimum atomic E-state index is -0.984. The Kier molecular flexibility index (Phi) is 3.28. The number of Topliss-reactive ketones (excluding diaryl/α,β-unsaturated/α-hetero) is 1. The van der Waals surface area contributed by atoms with Crippen molar-refractivity contribution >= 4 is 23.5 Å². The Hall–Kier alpha value is -2.14. The third kappa shape index (κ3) is 2.20. The number of carbonyl (C=O) groups is 2. The van der Waals surface area contributed by atoms with Gasteiger partial charge in [0.15, 0.2) is 5.78 Å². The lowest BCUT2D eigenvalue weighted by atomic mass is 9.89. The van der Waals surface area contributed by atoms with E-state index in [4.69, 9.17) is 5.11 Å². The fourth-order valence-corrected chi connectivity index (χ4v) is 3.40. The van der Waals surface area contributed by atoms with Crippen LogP contribution < -0.4 is 0 Å². The molecule has 0 saturated heterocycles. The number of carbonyl (C=O) groups excluding carboxylic acids is 1. The highest BCUT2D eigenvalue weighted by Gasteiger charge is 2.32. The molecule has 0 aliphatic carbocycles. The molecular formula is C15H11NO3S. The van der Waals surface area contributed by atoms with E-state index in [1.54, 1.807) is 30.5 Å². The van der Waals surface area contributed by atoms with E-state index in [0.29, 0.717) is 16.2 Å². The zero-order chi connectivity index (χ0) is 14.1. The third-order valence-corrected chi connectivity index (χ3v) is 4.34. The van der Waals surface area contributed by atoms with Crippen LogP contribution >= 0.6 is 11.8 Å². The van der Waals surface area contributed by atoms with Crippen molar-refractivity contribution in [1.82, 2.24) is 4.98 Å². The highest BCUT2D eigenvalue weighted by Crippen LogP contribution is 2.41. The first-order valence-electron chi connectivity index (χ1n) is 6.14. The molecule has 2 aromatic rings. The average Bonchev–Trinajstić information content (AvgIpc) is 2.55. The molecule has 1 atom stereocenters. The van der Waals surface area contributed by atoms with E-state index in [1.807, 2.05) is 12.1 Å². The van der Waals surface area contributed by atoms with Crippen molar-refractivity contribution in [3.8, 4) is 0 Å². The quantitative estimate of drug-likeness (QED) is 0.918. The molecule has 0 amide bonds. The fraction of sp³-hybridized carbons (Fsp3) is 0.133. The van der Waals surface area contributed by atoms with Gasteiger partial charge in [0, 0.05) is 16.7 Å². The summed E-state index contributed by atoms with van der Waals surface area (Å²) >= 11 is 1.41. The molecule has 0 spiro atoms. The normalized spacial score (nSPS) is 17.0. The topological polar surface area (TPSA) is 67.3 Å². The Morgan fingerprint density at radius 1 is 1.25 bits per heavy atom. The summed E-state index contributed by atoms with van der Waals surface area (Å²) in [6.45, 7) is 0. The Bertz CT molecular complexity index is 699. The number of aliphatic carboxylic acids is 1. The lowest BCUT2D eigenvalue weighted by Gasteiger charge is -2.13. The van der Waals surface area contributed by atoms with Gasteiger partial charge in [0.2, 0.25) is 0 Å². The zero-order valence-electron chi connectivity index (χ0n) is 10.4. The summed E-state index contributed by atoms with van der Waals surface area (Å²) in [6.07, 6.45) is 1.44. The lowest BCUT2D eigenvalue weighted by Crippen LogP contribution is -2.17. The molecule has 0 radical (unpaired) electrons. The fourth-order valence-electron chi connectivity index (χ4n) is 2.32. The minimum absolute atomic E-state index is 0.151. The standard InChI is InChI=1S/C15H11NO3S/c17-13(18)8-11-9-5-3-7-16-15(9)20-12-6-2-1-4-10(12)14(11)19/h1-7,11H,8H2,(H,17,18). The summed E-state index contributed by atoms with van der Waals surface area (Å²) in [5.41, 5.74) is 1.27. The number of benzene rings is 1. The van der Waals surface area contributed by atoms with Gasteiger partial charge >= 0.3 is 5.97 Å². The number of nitrogens with zero attached hydrogens (tertiary/aromatic N) is 1. The van der Waals surface area contributed by atoms with Gasteiger partial charge in [-0.15, -0.1) is 0 Å². The summed E-state index contributed by atoms with van der Waals surface area (Å²) in [5.74, 6) is -1.81. The van der Waals surface area contributed by atoms with Crippen LogP contribution in [0.3, 0.4) is 0 Å². The Labute approximate surface area is 119 Å². The number of fused-ring (bicyclic) bond motifs is 2. The van der Waals surface area contributed by atoms with Crippen LogP contribution in [0.2, 0.25) is 0 Å². The monoisotopic (exact) mass is 285 g/mol. The van der Waals surface area contributed by atoms with Gasteiger partial charge in [-0.1, -0.05) is 36.0 Å². The van der Waals surface area contributed by atoms with Crippen molar-refractivity contribution in [3.05, 3.63) is 53.7 Å². The van der Waals surface area contributed by atoms with Gasteiger partial charge in [-0.3, -0.25) is 9.59 Å². The number of carboxylic acid groups (broad SMARTS) is 1. The van der Waals surface area contributed by atoms with E-state index in [0.717, 1.165) is 4.90 Å². The lowest BCUT2D eigenvalue weighted by molar-refractivity contribution is -0.137. The van der Waals surface area contributed by atoms with E-state index in [9.17, 15) is 9.59 Å². The molecule has 1 aromatic heterocycles. The smallest absolute Gasteiger partial charge is 0.304 e. The van der Waals surface area contributed by atoms with Gasteiger partial charge in [0.1, 0.15) is 5.03 Å². The average molecular weight is 285 g/mol. The number of pyridine rings is 1. The molecule has 2 heterocycles. The van der Waals surface area contributed by atoms with Gasteiger partial charge in [-0.2, -0.15) is 0 Å². The van der Waals surface area contributed by atoms with Crippen molar-refractivity contribution in [2.24, 2.45) is 0 Å². The van der Waals surface area contributed by atoms with Gasteiger partial charge in [0.05, 0.1) is 12.3 Å². The molecule has 3 rings (SSSR count). The van der Waals surface area contributed by atoms with Crippen molar-refractivity contribution < 1.29 is 14.7 Å². The molecule has 0 fully saturated rings. The van der Waals surface area contributed by atoms with E-state index in [1.165, 1.54) is 11.8 Å². The molecular weight excluding hydrogens is 274 g/mol. The third-order valence-electron chi connectivity index (χ3n) is 3.23. The molecule has 100 valence electrons. The van der Waals surface area contributed by atoms with Crippen LogP contribution in [0.25, 0.3) is 0 Å². The maximum absolute atomic E-state index is 12.6. The number of ketones is 1. The van der Waals surface area contributed by atoms with Crippen molar-refractivity contribution in [3.63, 3.8) is 0 Å². The van der Waals surface area contributed by atoms with E-state index in [2.05, 4.69) is 4.98 Å². The molecule has 1 unspecified atom stereocenters. The Balaban J connectivity index is 2.19.